The van der Waals surface area contributed by atoms with Crippen molar-refractivity contribution in [3.05, 3.63) is 53.7 Å². The molecule has 2 aromatic rings. The summed E-state index contributed by atoms with van der Waals surface area (Å²) in [4.78, 5) is 16.1. The van der Waals surface area contributed by atoms with Crippen molar-refractivity contribution in [2.45, 2.75) is 6.54 Å². The van der Waals surface area contributed by atoms with E-state index in [0.717, 1.165) is 5.56 Å². The summed E-state index contributed by atoms with van der Waals surface area (Å²) in [7, 11) is 1.58. The summed E-state index contributed by atoms with van der Waals surface area (Å²) >= 11 is 0. The van der Waals surface area contributed by atoms with E-state index in [4.69, 9.17) is 10.5 Å². The first kappa shape index (κ1) is 13.0. The molecule has 3 N–H and O–H groups in total. The molecule has 0 aliphatic heterocycles. The third-order valence-electron chi connectivity index (χ3n) is 2.65. The van der Waals surface area contributed by atoms with Crippen LogP contribution in [-0.2, 0) is 6.54 Å². The number of ether oxygens (including phenoxy) is 1. The number of anilines is 1. The van der Waals surface area contributed by atoms with Gasteiger partial charge in [-0.1, -0.05) is 0 Å². The van der Waals surface area contributed by atoms with E-state index in [1.54, 1.807) is 43.6 Å². The van der Waals surface area contributed by atoms with E-state index < -0.39 is 0 Å². The Morgan fingerprint density at radius 2 is 2.05 bits per heavy atom. The number of hydrogen-bond acceptors (Lipinski definition) is 4. The lowest BCUT2D eigenvalue weighted by Gasteiger charge is -2.06. The second kappa shape index (κ2) is 5.97. The molecule has 0 fully saturated rings. The topological polar surface area (TPSA) is 77.2 Å². The molecule has 5 nitrogen and oxygen atoms in total. The van der Waals surface area contributed by atoms with Crippen molar-refractivity contribution >= 4 is 11.7 Å². The predicted octanol–water partition coefficient (Wildman–Crippen LogP) is 1.80. The number of rotatable bonds is 4. The van der Waals surface area contributed by atoms with Crippen LogP contribution in [0, 0.1) is 0 Å². The molecule has 0 aliphatic carbocycles. The number of methoxy groups -OCH3 is 1. The van der Waals surface area contributed by atoms with Gasteiger partial charge in [0.1, 0.15) is 11.6 Å². The lowest BCUT2D eigenvalue weighted by Crippen LogP contribution is -2.13. The fraction of sp³-hybridized carbons (Fsp3) is 0.143. The molecule has 0 atom stereocenters. The number of amides is 1. The molecule has 0 aliphatic rings. The van der Waals surface area contributed by atoms with Crippen LogP contribution in [-0.4, -0.2) is 18.0 Å². The Kier molecular flexibility index (Phi) is 4.10. The van der Waals surface area contributed by atoms with Gasteiger partial charge in [0.15, 0.2) is 0 Å². The zero-order chi connectivity index (χ0) is 13.7. The summed E-state index contributed by atoms with van der Waals surface area (Å²) in [5.41, 5.74) is 7.00. The zero-order valence-electron chi connectivity index (χ0n) is 10.6. The number of nitrogens with zero attached hydrogens (tertiary/aromatic N) is 1. The number of hydrogen-bond donors (Lipinski definition) is 2. The van der Waals surface area contributed by atoms with Gasteiger partial charge < -0.3 is 15.8 Å². The Morgan fingerprint density at radius 3 is 2.68 bits per heavy atom. The van der Waals surface area contributed by atoms with E-state index >= 15 is 0 Å². The molecule has 19 heavy (non-hydrogen) atoms. The highest BCUT2D eigenvalue weighted by molar-refractivity contribution is 6.03. The molecular weight excluding hydrogens is 242 g/mol. The second-order valence-corrected chi connectivity index (χ2v) is 3.94. The van der Waals surface area contributed by atoms with Crippen LogP contribution in [0.1, 0.15) is 15.9 Å². The fourth-order valence-electron chi connectivity index (χ4n) is 1.60. The van der Waals surface area contributed by atoms with Gasteiger partial charge in [-0.2, -0.15) is 0 Å². The van der Waals surface area contributed by atoms with Gasteiger partial charge in [0.25, 0.3) is 5.91 Å². The van der Waals surface area contributed by atoms with Crippen LogP contribution in [0.25, 0.3) is 0 Å². The molecule has 0 radical (unpaired) electrons. The van der Waals surface area contributed by atoms with Gasteiger partial charge >= 0.3 is 0 Å². The normalized spacial score (nSPS) is 10.0. The largest absolute Gasteiger partial charge is 0.497 e. The van der Waals surface area contributed by atoms with Gasteiger partial charge in [0, 0.05) is 18.3 Å². The average Bonchev–Trinajstić information content (AvgIpc) is 2.47. The van der Waals surface area contributed by atoms with Crippen molar-refractivity contribution < 1.29 is 9.53 Å². The summed E-state index contributed by atoms with van der Waals surface area (Å²) in [5, 5.41) is 2.72. The second-order valence-electron chi connectivity index (χ2n) is 3.94. The number of nitrogens with one attached hydrogen (secondary N) is 1. The number of aromatic nitrogens is 1. The Morgan fingerprint density at radius 1 is 1.32 bits per heavy atom. The lowest BCUT2D eigenvalue weighted by atomic mass is 10.2. The SMILES string of the molecule is COc1ccc(C(=O)Nc2cc(CN)ccn2)cc1. The van der Waals surface area contributed by atoms with Gasteiger partial charge in [-0.3, -0.25) is 4.79 Å². The van der Waals surface area contributed by atoms with Crippen LogP contribution in [0.2, 0.25) is 0 Å². The van der Waals surface area contributed by atoms with Crippen LogP contribution in [0.3, 0.4) is 0 Å². The molecule has 1 aromatic carbocycles. The van der Waals surface area contributed by atoms with Crippen LogP contribution < -0.4 is 15.8 Å². The maximum atomic E-state index is 12.0. The number of carbonyl (C=O) groups excluding carboxylic acids is 1. The lowest BCUT2D eigenvalue weighted by molar-refractivity contribution is 0.102. The first-order valence-corrected chi connectivity index (χ1v) is 5.83. The minimum atomic E-state index is -0.218. The van der Waals surface area contributed by atoms with Gasteiger partial charge in [-0.05, 0) is 42.0 Å². The van der Waals surface area contributed by atoms with Crippen LogP contribution in [0.5, 0.6) is 5.75 Å². The molecule has 5 heteroatoms. The third kappa shape index (κ3) is 3.29. The van der Waals surface area contributed by atoms with E-state index in [-0.39, 0.29) is 5.91 Å². The minimum Gasteiger partial charge on any atom is -0.497 e. The summed E-state index contributed by atoms with van der Waals surface area (Å²) in [5.74, 6) is 0.980. The molecule has 98 valence electrons. The Labute approximate surface area is 111 Å². The first-order valence-electron chi connectivity index (χ1n) is 5.83. The van der Waals surface area contributed by atoms with E-state index in [2.05, 4.69) is 10.3 Å². The molecule has 1 aromatic heterocycles. The minimum absolute atomic E-state index is 0.218. The Balaban J connectivity index is 2.11. The highest BCUT2D eigenvalue weighted by atomic mass is 16.5. The molecule has 0 unspecified atom stereocenters. The van der Waals surface area contributed by atoms with Crippen molar-refractivity contribution in [2.24, 2.45) is 5.73 Å². The highest BCUT2D eigenvalue weighted by Gasteiger charge is 2.07. The van der Waals surface area contributed by atoms with E-state index in [0.29, 0.717) is 23.7 Å². The standard InChI is InChI=1S/C14H15N3O2/c1-19-12-4-2-11(3-5-12)14(18)17-13-8-10(9-15)6-7-16-13/h2-8H,9,15H2,1H3,(H,16,17,18). The molecule has 0 spiro atoms. The predicted molar refractivity (Wildman–Crippen MR) is 73.1 cm³/mol. The molecule has 0 saturated carbocycles. The molecule has 0 saturated heterocycles. The maximum Gasteiger partial charge on any atom is 0.256 e. The number of pyridine rings is 1. The molecular formula is C14H15N3O2. The monoisotopic (exact) mass is 257 g/mol. The van der Waals surface area contributed by atoms with Crippen LogP contribution in [0.4, 0.5) is 5.82 Å². The Bertz CT molecular complexity index is 567. The summed E-state index contributed by atoms with van der Waals surface area (Å²) in [6.07, 6.45) is 1.62. The van der Waals surface area contributed by atoms with Crippen LogP contribution >= 0.6 is 0 Å². The van der Waals surface area contributed by atoms with Gasteiger partial charge in [-0.15, -0.1) is 0 Å². The maximum absolute atomic E-state index is 12.0. The van der Waals surface area contributed by atoms with Gasteiger partial charge in [0.05, 0.1) is 7.11 Å². The third-order valence-corrected chi connectivity index (χ3v) is 2.65. The van der Waals surface area contributed by atoms with E-state index in [1.165, 1.54) is 0 Å². The molecule has 0 bridgehead atoms. The van der Waals surface area contributed by atoms with Crippen molar-refractivity contribution in [3.63, 3.8) is 0 Å². The molecule has 1 amide bonds. The molecule has 1 heterocycles. The highest BCUT2D eigenvalue weighted by Crippen LogP contribution is 2.13. The Hall–Kier alpha value is -2.40. The average molecular weight is 257 g/mol. The van der Waals surface area contributed by atoms with Crippen molar-refractivity contribution in [3.8, 4) is 5.75 Å². The van der Waals surface area contributed by atoms with Gasteiger partial charge in [0.2, 0.25) is 0 Å². The van der Waals surface area contributed by atoms with Crippen molar-refractivity contribution in [1.82, 2.24) is 4.98 Å². The van der Waals surface area contributed by atoms with Crippen molar-refractivity contribution in [1.29, 1.82) is 0 Å². The van der Waals surface area contributed by atoms with E-state index in [9.17, 15) is 4.79 Å². The smallest absolute Gasteiger partial charge is 0.256 e. The molecule has 2 rings (SSSR count). The number of nitrogens with two attached hydrogens (primary N) is 1. The van der Waals surface area contributed by atoms with Crippen LogP contribution in [0.15, 0.2) is 42.6 Å². The number of benzene rings is 1. The number of carbonyl (C=O) groups is 1. The van der Waals surface area contributed by atoms with E-state index in [1.807, 2.05) is 6.07 Å². The summed E-state index contributed by atoms with van der Waals surface area (Å²) < 4.78 is 5.04. The van der Waals surface area contributed by atoms with Crippen molar-refractivity contribution in [2.75, 3.05) is 12.4 Å². The quantitative estimate of drug-likeness (QED) is 0.875. The zero-order valence-corrected chi connectivity index (χ0v) is 10.6. The van der Waals surface area contributed by atoms with Gasteiger partial charge in [-0.25, -0.2) is 4.98 Å². The first-order chi connectivity index (χ1) is 9.22. The summed E-state index contributed by atoms with van der Waals surface area (Å²) in [6, 6.07) is 10.4. The summed E-state index contributed by atoms with van der Waals surface area (Å²) in [6.45, 7) is 0.411. The fourth-order valence-corrected chi connectivity index (χ4v) is 1.60.